The molecule has 1 fully saturated rings. The summed E-state index contributed by atoms with van der Waals surface area (Å²) < 4.78 is 3.93. The SMILES string of the molecule is Cc1nc2cc(-c3nccn3C)nn2c(N2CCN(c3ccc(O)cc3)CC2)c1C. The summed E-state index contributed by atoms with van der Waals surface area (Å²) in [6.07, 6.45) is 3.71. The zero-order valence-corrected chi connectivity index (χ0v) is 17.4. The average Bonchev–Trinajstić information content (AvgIpc) is 3.35. The number of hydrogen-bond acceptors (Lipinski definition) is 6. The molecule has 0 spiro atoms. The standard InChI is InChI=1S/C22H25N7O/c1-15-16(2)24-20-14-19(21-23-8-9-26(21)3)25-29(20)22(15)28-12-10-27(11-13-28)17-4-6-18(30)7-5-17/h4-9,14,30H,10-13H2,1-3H3. The number of aromatic nitrogens is 5. The highest BCUT2D eigenvalue weighted by atomic mass is 16.3. The predicted molar refractivity (Wildman–Crippen MR) is 117 cm³/mol. The van der Waals surface area contributed by atoms with Gasteiger partial charge in [0.25, 0.3) is 0 Å². The van der Waals surface area contributed by atoms with Crippen LogP contribution in [-0.4, -0.2) is 55.4 Å². The maximum atomic E-state index is 9.54. The van der Waals surface area contributed by atoms with Crippen molar-refractivity contribution in [3.8, 4) is 17.3 Å². The first-order chi connectivity index (χ1) is 14.5. The van der Waals surface area contributed by atoms with Crippen LogP contribution in [0, 0.1) is 13.8 Å². The molecule has 1 aliphatic rings. The van der Waals surface area contributed by atoms with Crippen molar-refractivity contribution in [2.45, 2.75) is 13.8 Å². The van der Waals surface area contributed by atoms with Crippen molar-refractivity contribution in [1.29, 1.82) is 0 Å². The van der Waals surface area contributed by atoms with Gasteiger partial charge in [-0.15, -0.1) is 0 Å². The highest BCUT2D eigenvalue weighted by Gasteiger charge is 2.23. The summed E-state index contributed by atoms with van der Waals surface area (Å²) in [7, 11) is 1.97. The van der Waals surface area contributed by atoms with E-state index in [0.717, 1.165) is 66.1 Å². The molecule has 1 aromatic carbocycles. The van der Waals surface area contributed by atoms with Gasteiger partial charge in [0, 0.05) is 68.6 Å². The highest BCUT2D eigenvalue weighted by molar-refractivity contribution is 5.64. The van der Waals surface area contributed by atoms with Gasteiger partial charge in [-0.3, -0.25) is 0 Å². The average molecular weight is 403 g/mol. The van der Waals surface area contributed by atoms with Crippen LogP contribution < -0.4 is 9.80 Å². The van der Waals surface area contributed by atoms with Crippen molar-refractivity contribution in [2.75, 3.05) is 36.0 Å². The molecular weight excluding hydrogens is 378 g/mol. The number of imidazole rings is 1. The Kier molecular flexibility index (Phi) is 4.34. The van der Waals surface area contributed by atoms with Crippen LogP contribution in [0.1, 0.15) is 11.3 Å². The molecule has 0 aliphatic carbocycles. The third-order valence-electron chi connectivity index (χ3n) is 5.90. The van der Waals surface area contributed by atoms with Crippen molar-refractivity contribution < 1.29 is 5.11 Å². The maximum Gasteiger partial charge on any atom is 0.160 e. The molecule has 8 heteroatoms. The second-order valence-corrected chi connectivity index (χ2v) is 7.80. The molecule has 1 saturated heterocycles. The summed E-state index contributed by atoms with van der Waals surface area (Å²) in [5.41, 5.74) is 4.97. The van der Waals surface area contributed by atoms with Crippen LogP contribution in [0.4, 0.5) is 11.5 Å². The number of anilines is 2. The van der Waals surface area contributed by atoms with E-state index in [1.165, 1.54) is 0 Å². The monoisotopic (exact) mass is 403 g/mol. The number of nitrogens with zero attached hydrogens (tertiary/aromatic N) is 7. The molecule has 1 N–H and O–H groups in total. The minimum atomic E-state index is 0.296. The lowest BCUT2D eigenvalue weighted by atomic mass is 10.2. The molecule has 0 bridgehead atoms. The largest absolute Gasteiger partial charge is 0.508 e. The van der Waals surface area contributed by atoms with Crippen molar-refractivity contribution in [3.63, 3.8) is 0 Å². The number of phenolic OH excluding ortho intramolecular Hbond substituents is 1. The first-order valence-corrected chi connectivity index (χ1v) is 10.1. The molecule has 4 heterocycles. The van der Waals surface area contributed by atoms with E-state index >= 15 is 0 Å². The molecule has 1 aliphatic heterocycles. The summed E-state index contributed by atoms with van der Waals surface area (Å²) in [5.74, 6) is 2.23. The van der Waals surface area contributed by atoms with E-state index in [-0.39, 0.29) is 0 Å². The number of aryl methyl sites for hydroxylation is 2. The van der Waals surface area contributed by atoms with Crippen molar-refractivity contribution in [2.24, 2.45) is 7.05 Å². The second kappa shape index (κ2) is 7.05. The van der Waals surface area contributed by atoms with Crippen molar-refractivity contribution >= 4 is 17.2 Å². The number of rotatable bonds is 3. The van der Waals surface area contributed by atoms with Crippen LogP contribution in [0.15, 0.2) is 42.7 Å². The molecule has 0 radical (unpaired) electrons. The van der Waals surface area contributed by atoms with Gasteiger partial charge in [-0.05, 0) is 38.1 Å². The summed E-state index contributed by atoms with van der Waals surface area (Å²) in [4.78, 5) is 13.9. The van der Waals surface area contributed by atoms with E-state index in [9.17, 15) is 5.11 Å². The third-order valence-corrected chi connectivity index (χ3v) is 5.90. The fourth-order valence-corrected chi connectivity index (χ4v) is 4.12. The zero-order chi connectivity index (χ0) is 20.8. The summed E-state index contributed by atoms with van der Waals surface area (Å²) in [5, 5.41) is 14.4. The van der Waals surface area contributed by atoms with Gasteiger partial charge in [-0.1, -0.05) is 0 Å². The van der Waals surface area contributed by atoms with E-state index in [0.29, 0.717) is 5.75 Å². The molecule has 3 aromatic heterocycles. The molecule has 30 heavy (non-hydrogen) atoms. The highest BCUT2D eigenvalue weighted by Crippen LogP contribution is 2.28. The molecule has 0 unspecified atom stereocenters. The first-order valence-electron chi connectivity index (χ1n) is 10.1. The van der Waals surface area contributed by atoms with Crippen molar-refractivity contribution in [1.82, 2.24) is 24.1 Å². The quantitative estimate of drug-likeness (QED) is 0.567. The van der Waals surface area contributed by atoms with E-state index in [1.54, 1.807) is 18.3 Å². The van der Waals surface area contributed by atoms with Gasteiger partial charge in [-0.2, -0.15) is 9.61 Å². The summed E-state index contributed by atoms with van der Waals surface area (Å²) in [6, 6.07) is 9.43. The van der Waals surface area contributed by atoms with Gasteiger partial charge in [0.2, 0.25) is 0 Å². The van der Waals surface area contributed by atoms with Crippen LogP contribution >= 0.6 is 0 Å². The lowest BCUT2D eigenvalue weighted by Crippen LogP contribution is -2.47. The van der Waals surface area contributed by atoms with E-state index in [2.05, 4.69) is 28.6 Å². The van der Waals surface area contributed by atoms with Gasteiger partial charge in [0.15, 0.2) is 11.5 Å². The third kappa shape index (κ3) is 3.04. The van der Waals surface area contributed by atoms with E-state index in [1.807, 2.05) is 40.5 Å². The number of benzene rings is 1. The Bertz CT molecular complexity index is 1200. The van der Waals surface area contributed by atoms with Crippen LogP contribution in [0.25, 0.3) is 17.2 Å². The summed E-state index contributed by atoms with van der Waals surface area (Å²) in [6.45, 7) is 7.75. The molecule has 154 valence electrons. The van der Waals surface area contributed by atoms with Crippen LogP contribution in [0.5, 0.6) is 5.75 Å². The molecule has 5 rings (SSSR count). The predicted octanol–water partition coefficient (Wildman–Crippen LogP) is 2.78. The minimum Gasteiger partial charge on any atom is -0.508 e. The molecular formula is C22H25N7O. The number of phenols is 1. The Morgan fingerprint density at radius 2 is 1.67 bits per heavy atom. The summed E-state index contributed by atoms with van der Waals surface area (Å²) >= 11 is 0. The van der Waals surface area contributed by atoms with Crippen LogP contribution in [0.2, 0.25) is 0 Å². The normalized spacial score (nSPS) is 14.6. The molecule has 0 saturated carbocycles. The van der Waals surface area contributed by atoms with Gasteiger partial charge >= 0.3 is 0 Å². The van der Waals surface area contributed by atoms with Gasteiger partial charge in [0.1, 0.15) is 17.3 Å². The number of aromatic hydroxyl groups is 1. The van der Waals surface area contributed by atoms with Gasteiger partial charge in [0.05, 0.1) is 0 Å². The zero-order valence-electron chi connectivity index (χ0n) is 17.4. The smallest absolute Gasteiger partial charge is 0.160 e. The Hall–Kier alpha value is -3.55. The Balaban J connectivity index is 1.48. The second-order valence-electron chi connectivity index (χ2n) is 7.80. The fraction of sp³-hybridized carbons (Fsp3) is 0.318. The molecule has 8 nitrogen and oxygen atoms in total. The number of piperazine rings is 1. The van der Waals surface area contributed by atoms with Gasteiger partial charge in [-0.25, -0.2) is 9.97 Å². The van der Waals surface area contributed by atoms with Crippen LogP contribution in [0.3, 0.4) is 0 Å². The fourth-order valence-electron chi connectivity index (χ4n) is 4.12. The molecule has 4 aromatic rings. The lowest BCUT2D eigenvalue weighted by Gasteiger charge is -2.38. The lowest BCUT2D eigenvalue weighted by molar-refractivity contribution is 0.475. The number of hydrogen-bond donors (Lipinski definition) is 1. The number of fused-ring (bicyclic) bond motifs is 1. The topological polar surface area (TPSA) is 74.7 Å². The Labute approximate surface area is 175 Å². The van der Waals surface area contributed by atoms with Crippen LogP contribution in [-0.2, 0) is 7.05 Å². The molecule has 0 amide bonds. The molecule has 0 atom stereocenters. The van der Waals surface area contributed by atoms with Crippen molar-refractivity contribution in [3.05, 3.63) is 54.0 Å². The first kappa shape index (κ1) is 18.5. The maximum absolute atomic E-state index is 9.54. The van der Waals surface area contributed by atoms with Gasteiger partial charge < -0.3 is 19.5 Å². The Morgan fingerprint density at radius 1 is 0.967 bits per heavy atom. The Morgan fingerprint density at radius 3 is 2.33 bits per heavy atom. The minimum absolute atomic E-state index is 0.296. The van der Waals surface area contributed by atoms with E-state index < -0.39 is 0 Å². The van der Waals surface area contributed by atoms with E-state index in [4.69, 9.17) is 10.1 Å².